The topological polar surface area (TPSA) is 79.5 Å². The van der Waals surface area contributed by atoms with Crippen LogP contribution in [0.15, 0.2) is 35.1 Å². The lowest BCUT2D eigenvalue weighted by Gasteiger charge is -2.35. The first kappa shape index (κ1) is 17.2. The van der Waals surface area contributed by atoms with Crippen LogP contribution in [0.2, 0.25) is 0 Å². The van der Waals surface area contributed by atoms with Gasteiger partial charge in [0.15, 0.2) is 0 Å². The molecule has 1 amide bonds. The van der Waals surface area contributed by atoms with E-state index in [4.69, 9.17) is 4.74 Å². The maximum absolute atomic E-state index is 13.0. The summed E-state index contributed by atoms with van der Waals surface area (Å²) in [6, 6.07) is 9.01. The number of para-hydroxylation sites is 1. The highest BCUT2D eigenvalue weighted by Gasteiger charge is 2.29. The number of rotatable bonds is 4. The highest BCUT2D eigenvalue weighted by molar-refractivity contribution is 5.97. The highest BCUT2D eigenvalue weighted by Crippen LogP contribution is 2.23. The Kier molecular flexibility index (Phi) is 5.16. The minimum Gasteiger partial charge on any atom is -0.469 e. The number of hydrogen-bond acceptors (Lipinski definition) is 4. The summed E-state index contributed by atoms with van der Waals surface area (Å²) in [5.41, 5.74) is 0.495. The number of amides is 1. The van der Waals surface area contributed by atoms with Gasteiger partial charge < -0.3 is 14.6 Å². The number of methoxy groups -OCH3 is 1. The highest BCUT2D eigenvalue weighted by atomic mass is 16.5. The zero-order valence-corrected chi connectivity index (χ0v) is 14.3. The molecule has 2 aromatic rings. The Labute approximate surface area is 145 Å². The van der Waals surface area contributed by atoms with Gasteiger partial charge in [0, 0.05) is 24.5 Å². The number of nitrogens with zero attached hydrogens (tertiary/aromatic N) is 1. The second kappa shape index (κ2) is 7.51. The van der Waals surface area contributed by atoms with Crippen LogP contribution in [0.25, 0.3) is 10.9 Å². The number of nitrogens with one attached hydrogen (secondary N) is 1. The van der Waals surface area contributed by atoms with Gasteiger partial charge in [0.25, 0.3) is 11.5 Å². The number of piperidine rings is 1. The minimum atomic E-state index is -0.374. The summed E-state index contributed by atoms with van der Waals surface area (Å²) in [5, 5.41) is 0.827. The van der Waals surface area contributed by atoms with Gasteiger partial charge in [-0.15, -0.1) is 0 Å². The van der Waals surface area contributed by atoms with Crippen molar-refractivity contribution in [1.82, 2.24) is 9.88 Å². The van der Waals surface area contributed by atoms with Crippen molar-refractivity contribution in [2.75, 3.05) is 13.7 Å². The molecular weight excluding hydrogens is 320 g/mol. The molecule has 0 aliphatic carbocycles. The lowest BCUT2D eigenvalue weighted by Crippen LogP contribution is -2.45. The van der Waals surface area contributed by atoms with Crippen molar-refractivity contribution in [2.24, 2.45) is 0 Å². The first-order valence-corrected chi connectivity index (χ1v) is 8.60. The average molecular weight is 342 g/mol. The summed E-state index contributed by atoms with van der Waals surface area (Å²) in [4.78, 5) is 41.3. The van der Waals surface area contributed by atoms with Gasteiger partial charge >= 0.3 is 5.97 Å². The smallest absolute Gasteiger partial charge is 0.305 e. The van der Waals surface area contributed by atoms with Gasteiger partial charge in [-0.2, -0.15) is 0 Å². The zero-order chi connectivity index (χ0) is 17.8. The standard InChI is InChI=1S/C19H22N2O4/c1-25-17(22)10-9-14-7-4-5-11-21(14)19(24)15-12-13-6-2-3-8-16(13)20-18(15)23/h2-3,6,8,12,14H,4-5,7,9-11H2,1H3,(H,20,23)/t14-/m1/s1. The van der Waals surface area contributed by atoms with Crippen LogP contribution >= 0.6 is 0 Å². The fraction of sp³-hybridized carbons (Fsp3) is 0.421. The SMILES string of the molecule is COC(=O)CC[C@H]1CCCCN1C(=O)c1cc2ccccc2[nH]c1=O. The molecule has 1 aromatic carbocycles. The molecule has 3 rings (SSSR count). The van der Waals surface area contributed by atoms with Crippen molar-refractivity contribution in [3.8, 4) is 0 Å². The number of aromatic amines is 1. The lowest BCUT2D eigenvalue weighted by atomic mass is 9.97. The summed E-state index contributed by atoms with van der Waals surface area (Å²) in [6.07, 6.45) is 3.60. The second-order valence-corrected chi connectivity index (χ2v) is 6.36. The maximum Gasteiger partial charge on any atom is 0.305 e. The van der Waals surface area contributed by atoms with Gasteiger partial charge in [-0.1, -0.05) is 18.2 Å². The number of hydrogen-bond donors (Lipinski definition) is 1. The number of benzene rings is 1. The van der Waals surface area contributed by atoms with E-state index >= 15 is 0 Å². The van der Waals surface area contributed by atoms with Crippen LogP contribution in [-0.2, 0) is 9.53 Å². The first-order chi connectivity index (χ1) is 12.1. The van der Waals surface area contributed by atoms with Crippen molar-refractivity contribution in [3.63, 3.8) is 0 Å². The number of likely N-dealkylation sites (tertiary alicyclic amines) is 1. The number of H-pyrrole nitrogens is 1. The van der Waals surface area contributed by atoms with Gasteiger partial charge in [-0.3, -0.25) is 14.4 Å². The number of fused-ring (bicyclic) bond motifs is 1. The molecule has 1 aliphatic heterocycles. The molecule has 1 fully saturated rings. The van der Waals surface area contributed by atoms with Crippen LogP contribution in [0.3, 0.4) is 0 Å². The molecule has 1 N–H and O–H groups in total. The number of carbonyl (C=O) groups excluding carboxylic acids is 2. The van der Waals surface area contributed by atoms with E-state index in [2.05, 4.69) is 4.98 Å². The van der Waals surface area contributed by atoms with Crippen LogP contribution in [0, 0.1) is 0 Å². The summed E-state index contributed by atoms with van der Waals surface area (Å²) in [6.45, 7) is 0.608. The molecule has 0 bridgehead atoms. The van der Waals surface area contributed by atoms with E-state index in [-0.39, 0.29) is 35.5 Å². The third-order valence-electron chi connectivity index (χ3n) is 4.78. The van der Waals surface area contributed by atoms with E-state index < -0.39 is 0 Å². The van der Waals surface area contributed by atoms with Gasteiger partial charge in [0.1, 0.15) is 5.56 Å². The van der Waals surface area contributed by atoms with Crippen LogP contribution in [0.4, 0.5) is 0 Å². The molecule has 2 heterocycles. The second-order valence-electron chi connectivity index (χ2n) is 6.36. The summed E-state index contributed by atoms with van der Waals surface area (Å²) in [5.74, 6) is -0.539. The fourth-order valence-corrected chi connectivity index (χ4v) is 3.42. The van der Waals surface area contributed by atoms with Crippen LogP contribution in [-0.4, -0.2) is 41.5 Å². The van der Waals surface area contributed by atoms with Crippen molar-refractivity contribution >= 4 is 22.8 Å². The monoisotopic (exact) mass is 342 g/mol. The molecule has 1 saturated heterocycles. The Hall–Kier alpha value is -2.63. The summed E-state index contributed by atoms with van der Waals surface area (Å²) in [7, 11) is 1.36. The number of aromatic nitrogens is 1. The first-order valence-electron chi connectivity index (χ1n) is 8.60. The molecule has 1 aromatic heterocycles. The van der Waals surface area contributed by atoms with Crippen molar-refractivity contribution in [2.45, 2.75) is 38.1 Å². The van der Waals surface area contributed by atoms with E-state index in [1.165, 1.54) is 7.11 Å². The quantitative estimate of drug-likeness (QED) is 0.866. The normalized spacial score (nSPS) is 17.5. The largest absolute Gasteiger partial charge is 0.469 e. The molecule has 0 spiro atoms. The van der Waals surface area contributed by atoms with Gasteiger partial charge in [0.05, 0.1) is 7.11 Å². The molecule has 1 atom stereocenters. The molecule has 6 nitrogen and oxygen atoms in total. The molecule has 132 valence electrons. The predicted molar refractivity (Wildman–Crippen MR) is 94.5 cm³/mol. The Morgan fingerprint density at radius 1 is 1.28 bits per heavy atom. The number of ether oxygens (including phenoxy) is 1. The summed E-state index contributed by atoms with van der Waals surface area (Å²) < 4.78 is 4.69. The predicted octanol–water partition coefficient (Wildman–Crippen LogP) is 2.48. The van der Waals surface area contributed by atoms with E-state index in [9.17, 15) is 14.4 Å². The maximum atomic E-state index is 13.0. The molecule has 6 heteroatoms. The van der Waals surface area contributed by atoms with Crippen molar-refractivity contribution in [3.05, 3.63) is 46.2 Å². The van der Waals surface area contributed by atoms with Crippen LogP contribution in [0.1, 0.15) is 42.5 Å². The number of carbonyl (C=O) groups is 2. The van der Waals surface area contributed by atoms with E-state index in [1.807, 2.05) is 24.3 Å². The summed E-state index contributed by atoms with van der Waals surface area (Å²) >= 11 is 0. The molecule has 0 unspecified atom stereocenters. The van der Waals surface area contributed by atoms with Crippen LogP contribution < -0.4 is 5.56 Å². The van der Waals surface area contributed by atoms with E-state index in [0.29, 0.717) is 18.5 Å². The Morgan fingerprint density at radius 2 is 2.08 bits per heavy atom. The van der Waals surface area contributed by atoms with E-state index in [0.717, 1.165) is 24.6 Å². The van der Waals surface area contributed by atoms with E-state index in [1.54, 1.807) is 11.0 Å². The number of esters is 1. The van der Waals surface area contributed by atoms with Gasteiger partial charge in [0.2, 0.25) is 0 Å². The van der Waals surface area contributed by atoms with Crippen molar-refractivity contribution < 1.29 is 14.3 Å². The molecule has 0 saturated carbocycles. The molecule has 25 heavy (non-hydrogen) atoms. The Morgan fingerprint density at radius 3 is 2.88 bits per heavy atom. The Balaban J connectivity index is 1.86. The lowest BCUT2D eigenvalue weighted by molar-refractivity contribution is -0.141. The zero-order valence-electron chi connectivity index (χ0n) is 14.3. The van der Waals surface area contributed by atoms with Crippen LogP contribution in [0.5, 0.6) is 0 Å². The Bertz CT molecular complexity index is 843. The van der Waals surface area contributed by atoms with Crippen molar-refractivity contribution in [1.29, 1.82) is 0 Å². The molecular formula is C19H22N2O4. The average Bonchev–Trinajstić information content (AvgIpc) is 2.65. The number of pyridine rings is 1. The third-order valence-corrected chi connectivity index (χ3v) is 4.78. The van der Waals surface area contributed by atoms with Gasteiger partial charge in [-0.05, 0) is 43.2 Å². The third kappa shape index (κ3) is 3.73. The van der Waals surface area contributed by atoms with Gasteiger partial charge in [-0.25, -0.2) is 0 Å². The minimum absolute atomic E-state index is 0.0359. The fourth-order valence-electron chi connectivity index (χ4n) is 3.42. The molecule has 1 aliphatic rings. The molecule has 0 radical (unpaired) electrons.